The third-order valence-corrected chi connectivity index (χ3v) is 4.17. The fourth-order valence-corrected chi connectivity index (χ4v) is 2.57. The first-order valence-corrected chi connectivity index (χ1v) is 9.99. The van der Waals surface area contributed by atoms with E-state index >= 15 is 0 Å². The van der Waals surface area contributed by atoms with Crippen LogP contribution in [0.15, 0.2) is 96.2 Å². The largest absolute Gasteiger partial charge is 0.418 e. The van der Waals surface area contributed by atoms with E-state index in [9.17, 15) is 40.3 Å². The highest BCUT2D eigenvalue weighted by atomic mass is 19.4. The summed E-state index contributed by atoms with van der Waals surface area (Å²) in [6, 6.07) is 2.39. The number of carbonyl (C=O) groups is 2. The Morgan fingerprint density at radius 2 is 1.64 bits per heavy atom. The van der Waals surface area contributed by atoms with Gasteiger partial charge in [-0.2, -0.15) is 26.3 Å². The number of alkyl halides is 6. The van der Waals surface area contributed by atoms with E-state index in [0.717, 1.165) is 30.4 Å². The molecule has 3 N–H and O–H groups in total. The number of hydrogen-bond acceptors (Lipinski definition) is 2. The SMILES string of the molecule is C=C(/C=C(\C(=C/C)NC(=O)/C(=C/C=C\C)C(=C)F)C(F)(F)F)NC(=O)Nc1cccc(C(F)(F)F)c1. The Morgan fingerprint density at radius 1 is 1.00 bits per heavy atom. The van der Waals surface area contributed by atoms with Crippen LogP contribution in [0.1, 0.15) is 19.4 Å². The van der Waals surface area contributed by atoms with Crippen LogP contribution in [0.3, 0.4) is 0 Å². The molecule has 1 aromatic carbocycles. The smallest absolute Gasteiger partial charge is 0.322 e. The van der Waals surface area contributed by atoms with Crippen LogP contribution >= 0.6 is 0 Å². The molecule has 0 unspecified atom stereocenters. The predicted octanol–water partition coefficient (Wildman–Crippen LogP) is 6.84. The average Bonchev–Trinajstić information content (AvgIpc) is 2.74. The lowest BCUT2D eigenvalue weighted by Crippen LogP contribution is -2.31. The minimum atomic E-state index is -5.06. The molecule has 0 saturated heterocycles. The average molecular weight is 517 g/mol. The van der Waals surface area contributed by atoms with Gasteiger partial charge in [0.2, 0.25) is 0 Å². The molecule has 0 saturated carbocycles. The van der Waals surface area contributed by atoms with Crippen LogP contribution in [0.25, 0.3) is 0 Å². The highest BCUT2D eigenvalue weighted by Gasteiger charge is 2.37. The fourth-order valence-electron chi connectivity index (χ4n) is 2.57. The maximum atomic E-state index is 13.7. The Labute approximate surface area is 202 Å². The molecule has 12 heteroatoms. The second-order valence-electron chi connectivity index (χ2n) is 6.91. The van der Waals surface area contributed by atoms with Crippen molar-refractivity contribution < 1.29 is 40.3 Å². The van der Waals surface area contributed by atoms with Crippen LogP contribution in [0.5, 0.6) is 0 Å². The Hall–Kier alpha value is -4.09. The molecule has 0 bridgehead atoms. The quantitative estimate of drug-likeness (QED) is 0.201. The number of halogens is 7. The summed E-state index contributed by atoms with van der Waals surface area (Å²) in [5.74, 6) is -2.40. The molecular weight excluding hydrogens is 495 g/mol. The highest BCUT2D eigenvalue weighted by Crippen LogP contribution is 2.32. The van der Waals surface area contributed by atoms with Gasteiger partial charge < -0.3 is 16.0 Å². The van der Waals surface area contributed by atoms with Gasteiger partial charge in [0.25, 0.3) is 5.91 Å². The highest BCUT2D eigenvalue weighted by molar-refractivity contribution is 5.98. The van der Waals surface area contributed by atoms with Gasteiger partial charge in [0.1, 0.15) is 5.83 Å². The molecule has 0 fully saturated rings. The van der Waals surface area contributed by atoms with E-state index in [2.05, 4.69) is 13.2 Å². The number of allylic oxidation sites excluding steroid dienone is 6. The van der Waals surface area contributed by atoms with E-state index < -0.39 is 58.2 Å². The van der Waals surface area contributed by atoms with Gasteiger partial charge in [-0.1, -0.05) is 37.5 Å². The van der Waals surface area contributed by atoms with Crippen molar-refractivity contribution in [1.29, 1.82) is 0 Å². The lowest BCUT2D eigenvalue weighted by Gasteiger charge is -2.18. The first-order chi connectivity index (χ1) is 16.6. The van der Waals surface area contributed by atoms with Gasteiger partial charge >= 0.3 is 18.4 Å². The van der Waals surface area contributed by atoms with Gasteiger partial charge in [0.05, 0.1) is 16.7 Å². The monoisotopic (exact) mass is 517 g/mol. The van der Waals surface area contributed by atoms with Crippen LogP contribution < -0.4 is 16.0 Å². The summed E-state index contributed by atoms with van der Waals surface area (Å²) in [4.78, 5) is 24.4. The lowest BCUT2D eigenvalue weighted by molar-refractivity contribution is -0.137. The van der Waals surface area contributed by atoms with Crippen molar-refractivity contribution in [3.63, 3.8) is 0 Å². The van der Waals surface area contributed by atoms with Crippen LogP contribution in [0, 0.1) is 0 Å². The minimum absolute atomic E-state index is 0.275. The second kappa shape index (κ2) is 12.6. The van der Waals surface area contributed by atoms with Crippen molar-refractivity contribution in [3.05, 3.63) is 102 Å². The Morgan fingerprint density at radius 3 is 2.14 bits per heavy atom. The Kier molecular flexibility index (Phi) is 10.5. The summed E-state index contributed by atoms with van der Waals surface area (Å²) in [5.41, 5.74) is -4.78. The zero-order valence-corrected chi connectivity index (χ0v) is 19.1. The Balaban J connectivity index is 3.13. The van der Waals surface area contributed by atoms with Gasteiger partial charge in [0.15, 0.2) is 0 Å². The summed E-state index contributed by atoms with van der Waals surface area (Å²) in [5, 5.41) is 5.94. The summed E-state index contributed by atoms with van der Waals surface area (Å²) in [6.45, 7) is 8.99. The number of carbonyl (C=O) groups excluding carboxylic acids is 2. The number of urea groups is 1. The third-order valence-electron chi connectivity index (χ3n) is 4.17. The van der Waals surface area contributed by atoms with E-state index in [4.69, 9.17) is 0 Å². The summed E-state index contributed by atoms with van der Waals surface area (Å²) < 4.78 is 93.2. The van der Waals surface area contributed by atoms with Crippen LogP contribution in [-0.4, -0.2) is 18.1 Å². The van der Waals surface area contributed by atoms with Crippen molar-refractivity contribution in [1.82, 2.24) is 10.6 Å². The van der Waals surface area contributed by atoms with E-state index in [1.807, 2.05) is 16.0 Å². The molecule has 0 aliphatic heterocycles. The maximum absolute atomic E-state index is 13.7. The van der Waals surface area contributed by atoms with Crippen LogP contribution in [-0.2, 0) is 11.0 Å². The van der Waals surface area contributed by atoms with E-state index in [-0.39, 0.29) is 5.69 Å². The molecule has 36 heavy (non-hydrogen) atoms. The first-order valence-electron chi connectivity index (χ1n) is 9.99. The first kappa shape index (κ1) is 29.9. The summed E-state index contributed by atoms with van der Waals surface area (Å²) in [6.07, 6.45) is -4.70. The molecule has 0 heterocycles. The van der Waals surface area contributed by atoms with Gasteiger partial charge in [-0.3, -0.25) is 4.79 Å². The summed E-state index contributed by atoms with van der Waals surface area (Å²) >= 11 is 0. The van der Waals surface area contributed by atoms with Gasteiger partial charge in [-0.05, 0) is 44.2 Å². The van der Waals surface area contributed by atoms with E-state index in [1.165, 1.54) is 19.1 Å². The normalized spacial score (nSPS) is 13.4. The molecule has 0 atom stereocenters. The van der Waals surface area contributed by atoms with Crippen LogP contribution in [0.2, 0.25) is 0 Å². The number of amides is 3. The molecule has 1 rings (SSSR count). The van der Waals surface area contributed by atoms with Crippen molar-refractivity contribution >= 4 is 17.6 Å². The molecule has 0 radical (unpaired) electrons. The number of benzene rings is 1. The number of nitrogens with one attached hydrogen (secondary N) is 3. The Bertz CT molecular complexity index is 1140. The molecular formula is C24H22F7N3O2. The van der Waals surface area contributed by atoms with Crippen molar-refractivity contribution in [2.24, 2.45) is 0 Å². The standard InChI is InChI=1S/C24H22F7N3O2/c1-5-7-11-18(15(4)25)21(35)34-20(6-2)19(24(29,30)31)12-14(3)32-22(36)33-17-10-8-9-16(13-17)23(26,27)28/h5-13H,3-4H2,1-2H3,(H,34,35)(H2,32,33,36)/b7-5-,18-11+,19-12+,20-6+. The molecule has 0 aromatic heterocycles. The number of hydrogen-bond donors (Lipinski definition) is 3. The fraction of sp³-hybridized carbons (Fsp3) is 0.167. The zero-order chi connectivity index (χ0) is 27.7. The lowest BCUT2D eigenvalue weighted by atomic mass is 10.1. The van der Waals surface area contributed by atoms with Crippen molar-refractivity contribution in [2.75, 3.05) is 5.32 Å². The molecule has 0 spiro atoms. The van der Waals surface area contributed by atoms with Gasteiger partial charge in [-0.25, -0.2) is 9.18 Å². The van der Waals surface area contributed by atoms with Crippen molar-refractivity contribution in [3.8, 4) is 0 Å². The molecule has 5 nitrogen and oxygen atoms in total. The number of rotatable bonds is 8. The molecule has 3 amide bonds. The van der Waals surface area contributed by atoms with Crippen molar-refractivity contribution in [2.45, 2.75) is 26.2 Å². The van der Waals surface area contributed by atoms with Gasteiger partial charge in [0, 0.05) is 17.1 Å². The van der Waals surface area contributed by atoms with E-state index in [1.54, 1.807) is 6.92 Å². The molecule has 0 aliphatic rings. The summed E-state index contributed by atoms with van der Waals surface area (Å²) in [7, 11) is 0. The molecule has 0 aliphatic carbocycles. The second-order valence-corrected chi connectivity index (χ2v) is 6.91. The van der Waals surface area contributed by atoms with E-state index in [0.29, 0.717) is 12.1 Å². The minimum Gasteiger partial charge on any atom is -0.322 e. The molecule has 1 aromatic rings. The molecule has 194 valence electrons. The maximum Gasteiger partial charge on any atom is 0.418 e. The zero-order valence-electron chi connectivity index (χ0n) is 19.1. The topological polar surface area (TPSA) is 70.2 Å². The predicted molar refractivity (Wildman–Crippen MR) is 122 cm³/mol. The third kappa shape index (κ3) is 9.28. The van der Waals surface area contributed by atoms with Crippen LogP contribution in [0.4, 0.5) is 41.2 Å². The number of anilines is 1. The van der Waals surface area contributed by atoms with Gasteiger partial charge in [-0.15, -0.1) is 0 Å².